The first-order valence-electron chi connectivity index (χ1n) is 7.51. The molecule has 7 nitrogen and oxygen atoms in total. The van der Waals surface area contributed by atoms with Crippen LogP contribution in [0.3, 0.4) is 0 Å². The zero-order valence-corrected chi connectivity index (χ0v) is 13.7. The highest BCUT2D eigenvalue weighted by Crippen LogP contribution is 2.37. The van der Waals surface area contributed by atoms with Crippen molar-refractivity contribution in [3.63, 3.8) is 0 Å². The standard InChI is InChI=1S/C13H26N4O3S/c1-3-21(18,19)16-7-6-15-12(14-2)17-8-4-13(10-17)5-9-20-11-13/h16H,3-11H2,1-2H3,(H,14,15). The highest BCUT2D eigenvalue weighted by atomic mass is 32.2. The number of likely N-dealkylation sites (tertiary alicyclic amines) is 1. The second-order valence-electron chi connectivity index (χ2n) is 5.75. The van der Waals surface area contributed by atoms with Crippen molar-refractivity contribution in [3.8, 4) is 0 Å². The Kier molecular flexibility index (Phi) is 5.45. The molecule has 2 aliphatic rings. The number of hydrogen-bond donors (Lipinski definition) is 2. The third-order valence-corrected chi connectivity index (χ3v) is 5.65. The molecule has 0 bridgehead atoms. The summed E-state index contributed by atoms with van der Waals surface area (Å²) in [5, 5.41) is 3.22. The number of nitrogens with zero attached hydrogens (tertiary/aromatic N) is 2. The van der Waals surface area contributed by atoms with Crippen LogP contribution in [0.1, 0.15) is 19.8 Å². The van der Waals surface area contributed by atoms with Crippen LogP contribution in [0.25, 0.3) is 0 Å². The minimum atomic E-state index is -3.12. The van der Waals surface area contributed by atoms with Crippen molar-refractivity contribution in [3.05, 3.63) is 0 Å². The van der Waals surface area contributed by atoms with Crippen LogP contribution in [0.15, 0.2) is 4.99 Å². The Hall–Kier alpha value is -0.860. The van der Waals surface area contributed by atoms with Gasteiger partial charge in [-0.1, -0.05) is 0 Å². The molecule has 2 N–H and O–H groups in total. The molecule has 0 aromatic carbocycles. The summed E-state index contributed by atoms with van der Waals surface area (Å²) in [6.07, 6.45) is 2.26. The zero-order valence-electron chi connectivity index (χ0n) is 12.9. The van der Waals surface area contributed by atoms with E-state index in [1.165, 1.54) is 0 Å². The van der Waals surface area contributed by atoms with Crippen LogP contribution in [0.4, 0.5) is 0 Å². The molecule has 1 spiro atoms. The quantitative estimate of drug-likeness (QED) is 0.410. The maximum absolute atomic E-state index is 11.3. The number of ether oxygens (including phenoxy) is 1. The molecule has 2 saturated heterocycles. The molecule has 2 heterocycles. The van der Waals surface area contributed by atoms with E-state index in [0.717, 1.165) is 45.1 Å². The largest absolute Gasteiger partial charge is 0.381 e. The predicted octanol–water partition coefficient (Wildman–Crippen LogP) is -0.386. The van der Waals surface area contributed by atoms with Crippen molar-refractivity contribution in [2.45, 2.75) is 19.8 Å². The SMILES string of the molecule is CCS(=O)(=O)NCCNC(=NC)N1CCC2(CCOC2)C1. The third-order valence-electron chi connectivity index (χ3n) is 4.24. The molecule has 1 atom stereocenters. The average Bonchev–Trinajstić information content (AvgIpc) is 3.10. The summed E-state index contributed by atoms with van der Waals surface area (Å²) < 4.78 is 30.8. The summed E-state index contributed by atoms with van der Waals surface area (Å²) in [6, 6.07) is 0. The molecule has 2 rings (SSSR count). The molecule has 8 heteroatoms. The van der Waals surface area contributed by atoms with Crippen LogP contribution < -0.4 is 10.0 Å². The summed E-state index contributed by atoms with van der Waals surface area (Å²) in [5.74, 6) is 0.950. The van der Waals surface area contributed by atoms with Crippen LogP contribution in [-0.2, 0) is 14.8 Å². The van der Waals surface area contributed by atoms with E-state index in [0.29, 0.717) is 18.5 Å². The van der Waals surface area contributed by atoms with E-state index in [-0.39, 0.29) is 5.75 Å². The van der Waals surface area contributed by atoms with E-state index in [1.807, 2.05) is 0 Å². The van der Waals surface area contributed by atoms with Gasteiger partial charge in [0.25, 0.3) is 0 Å². The normalized spacial score (nSPS) is 26.8. The highest BCUT2D eigenvalue weighted by molar-refractivity contribution is 7.89. The first kappa shape index (κ1) is 16.5. The number of sulfonamides is 1. The molecule has 0 aromatic rings. The Morgan fingerprint density at radius 1 is 1.38 bits per heavy atom. The van der Waals surface area contributed by atoms with Gasteiger partial charge in [0, 0.05) is 45.2 Å². The Balaban J connectivity index is 1.77. The molecular weight excluding hydrogens is 292 g/mol. The number of aliphatic imine (C=N–C) groups is 1. The molecular formula is C13H26N4O3S. The second-order valence-corrected chi connectivity index (χ2v) is 7.84. The summed E-state index contributed by atoms with van der Waals surface area (Å²) in [7, 11) is -1.36. The van der Waals surface area contributed by atoms with E-state index in [2.05, 4.69) is 19.9 Å². The van der Waals surface area contributed by atoms with E-state index < -0.39 is 10.0 Å². The minimum absolute atomic E-state index is 0.108. The topological polar surface area (TPSA) is 83.0 Å². The maximum Gasteiger partial charge on any atom is 0.211 e. The van der Waals surface area contributed by atoms with Gasteiger partial charge in [-0.15, -0.1) is 0 Å². The fourth-order valence-electron chi connectivity index (χ4n) is 2.90. The van der Waals surface area contributed by atoms with E-state index >= 15 is 0 Å². The lowest BCUT2D eigenvalue weighted by Gasteiger charge is -2.24. The van der Waals surface area contributed by atoms with Crippen molar-refractivity contribution in [1.82, 2.24) is 14.9 Å². The molecule has 0 radical (unpaired) electrons. The molecule has 21 heavy (non-hydrogen) atoms. The lowest BCUT2D eigenvalue weighted by molar-refractivity contribution is 0.156. The molecule has 2 aliphatic heterocycles. The van der Waals surface area contributed by atoms with Crippen LogP contribution in [0.5, 0.6) is 0 Å². The van der Waals surface area contributed by atoms with Crippen molar-refractivity contribution in [2.24, 2.45) is 10.4 Å². The smallest absolute Gasteiger partial charge is 0.211 e. The summed E-state index contributed by atoms with van der Waals surface area (Å²) >= 11 is 0. The van der Waals surface area contributed by atoms with Gasteiger partial charge in [0.2, 0.25) is 10.0 Å². The Morgan fingerprint density at radius 3 is 2.81 bits per heavy atom. The molecule has 122 valence electrons. The van der Waals surface area contributed by atoms with Gasteiger partial charge in [-0.3, -0.25) is 4.99 Å². The lowest BCUT2D eigenvalue weighted by atomic mass is 9.87. The first-order chi connectivity index (χ1) is 10.0. The van der Waals surface area contributed by atoms with Gasteiger partial charge in [0.05, 0.1) is 12.4 Å². The molecule has 0 saturated carbocycles. The first-order valence-corrected chi connectivity index (χ1v) is 9.16. The monoisotopic (exact) mass is 318 g/mol. The number of hydrogen-bond acceptors (Lipinski definition) is 4. The Labute approximate surface area is 127 Å². The minimum Gasteiger partial charge on any atom is -0.381 e. The molecule has 0 amide bonds. The summed E-state index contributed by atoms with van der Waals surface area (Å²) in [6.45, 7) is 6.18. The van der Waals surface area contributed by atoms with Gasteiger partial charge in [0.1, 0.15) is 0 Å². The fourth-order valence-corrected chi connectivity index (χ4v) is 3.52. The van der Waals surface area contributed by atoms with Gasteiger partial charge in [-0.2, -0.15) is 0 Å². The van der Waals surface area contributed by atoms with Crippen molar-refractivity contribution >= 4 is 16.0 Å². The molecule has 1 unspecified atom stereocenters. The van der Waals surface area contributed by atoms with Crippen molar-refractivity contribution in [1.29, 1.82) is 0 Å². The van der Waals surface area contributed by atoms with Gasteiger partial charge in [0.15, 0.2) is 5.96 Å². The second kappa shape index (κ2) is 6.93. The Morgan fingerprint density at radius 2 is 2.19 bits per heavy atom. The average molecular weight is 318 g/mol. The summed E-state index contributed by atoms with van der Waals surface area (Å²) in [4.78, 5) is 6.53. The number of guanidine groups is 1. The van der Waals surface area contributed by atoms with Crippen LogP contribution in [0, 0.1) is 5.41 Å². The molecule has 0 aliphatic carbocycles. The highest BCUT2D eigenvalue weighted by Gasteiger charge is 2.42. The summed E-state index contributed by atoms with van der Waals surface area (Å²) in [5.41, 5.74) is 0.293. The van der Waals surface area contributed by atoms with Crippen LogP contribution >= 0.6 is 0 Å². The van der Waals surface area contributed by atoms with Gasteiger partial charge in [-0.05, 0) is 19.8 Å². The van der Waals surface area contributed by atoms with Crippen molar-refractivity contribution < 1.29 is 13.2 Å². The number of nitrogens with one attached hydrogen (secondary N) is 2. The van der Waals surface area contributed by atoms with E-state index in [4.69, 9.17) is 4.74 Å². The predicted molar refractivity (Wildman–Crippen MR) is 82.9 cm³/mol. The van der Waals surface area contributed by atoms with E-state index in [9.17, 15) is 8.42 Å². The fraction of sp³-hybridized carbons (Fsp3) is 0.923. The third kappa shape index (κ3) is 4.31. The van der Waals surface area contributed by atoms with Gasteiger partial charge < -0.3 is 15.0 Å². The van der Waals surface area contributed by atoms with Crippen LogP contribution in [0.2, 0.25) is 0 Å². The zero-order chi connectivity index (χ0) is 15.3. The molecule has 2 fully saturated rings. The van der Waals surface area contributed by atoms with Crippen molar-refractivity contribution in [2.75, 3.05) is 52.2 Å². The Bertz CT molecular complexity index is 472. The van der Waals surface area contributed by atoms with E-state index in [1.54, 1.807) is 14.0 Å². The molecule has 0 aromatic heterocycles. The van der Waals surface area contributed by atoms with Crippen LogP contribution in [-0.4, -0.2) is 71.5 Å². The lowest BCUT2D eigenvalue weighted by Crippen LogP contribution is -2.44. The van der Waals surface area contributed by atoms with Gasteiger partial charge >= 0.3 is 0 Å². The maximum atomic E-state index is 11.3. The number of rotatable bonds is 5. The van der Waals surface area contributed by atoms with Gasteiger partial charge in [-0.25, -0.2) is 13.1 Å².